The number of carbonyl (C=O) groups is 2. The Balaban J connectivity index is 2.20. The zero-order valence-corrected chi connectivity index (χ0v) is 15.0. The first kappa shape index (κ1) is 17.8. The minimum Gasteiger partial charge on any atom is -0.437 e. The molecule has 1 aliphatic rings. The lowest BCUT2D eigenvalue weighted by Crippen LogP contribution is -2.42. The van der Waals surface area contributed by atoms with E-state index in [1.54, 1.807) is 4.90 Å². The van der Waals surface area contributed by atoms with Crippen molar-refractivity contribution in [3.8, 4) is 5.06 Å². The van der Waals surface area contributed by atoms with E-state index in [9.17, 15) is 9.59 Å². The van der Waals surface area contributed by atoms with Crippen molar-refractivity contribution < 1.29 is 19.1 Å². The lowest BCUT2D eigenvalue weighted by Gasteiger charge is -2.33. The molecule has 0 aliphatic heterocycles. The van der Waals surface area contributed by atoms with E-state index in [0.717, 1.165) is 25.7 Å². The van der Waals surface area contributed by atoms with Crippen LogP contribution < -0.4 is 9.64 Å². The van der Waals surface area contributed by atoms with E-state index in [1.807, 2.05) is 25.3 Å². The number of carbonyl (C=O) groups excluding carboxylic acids is 2. The lowest BCUT2D eigenvalue weighted by atomic mass is 9.82. The third-order valence-electron chi connectivity index (χ3n) is 4.33. The number of ether oxygens (including phenoxy) is 2. The third kappa shape index (κ3) is 4.25. The molecular formula is C17H25NO4S. The standard InChI is InChI=1S/C17H25NO4S/c1-11(2)18(15(19)13-7-5-12(3)6-8-13)14-9-10-23-16(14)22-17(20)21-4/h9-13H,5-8H2,1-4H3/t12-,13-. The van der Waals surface area contributed by atoms with Crippen LogP contribution in [0.4, 0.5) is 10.5 Å². The van der Waals surface area contributed by atoms with Crippen molar-refractivity contribution in [3.63, 3.8) is 0 Å². The van der Waals surface area contributed by atoms with Crippen LogP contribution in [-0.4, -0.2) is 25.2 Å². The number of hydrogen-bond donors (Lipinski definition) is 0. The summed E-state index contributed by atoms with van der Waals surface area (Å²) in [7, 11) is 1.27. The van der Waals surface area contributed by atoms with Gasteiger partial charge in [0.05, 0.1) is 12.8 Å². The SMILES string of the molecule is COC(=O)Oc1sccc1N(C(=O)[C@H]1CC[C@H](C)CC1)C(C)C. The number of anilines is 1. The zero-order valence-electron chi connectivity index (χ0n) is 14.2. The quantitative estimate of drug-likeness (QED) is 0.760. The van der Waals surface area contributed by atoms with E-state index >= 15 is 0 Å². The molecule has 1 aromatic rings. The normalized spacial score (nSPS) is 21.1. The molecule has 23 heavy (non-hydrogen) atoms. The van der Waals surface area contributed by atoms with Gasteiger partial charge in [-0.25, -0.2) is 4.79 Å². The minimum atomic E-state index is -0.767. The Hall–Kier alpha value is -1.56. The predicted molar refractivity (Wildman–Crippen MR) is 91.1 cm³/mol. The van der Waals surface area contributed by atoms with Crippen molar-refractivity contribution in [1.29, 1.82) is 0 Å². The van der Waals surface area contributed by atoms with Gasteiger partial charge in [-0.15, -0.1) is 11.3 Å². The van der Waals surface area contributed by atoms with Crippen molar-refractivity contribution >= 4 is 29.1 Å². The molecule has 0 saturated heterocycles. The van der Waals surface area contributed by atoms with Gasteiger partial charge >= 0.3 is 6.16 Å². The van der Waals surface area contributed by atoms with Gasteiger partial charge in [-0.1, -0.05) is 6.92 Å². The molecule has 0 spiro atoms. The molecule has 6 heteroatoms. The summed E-state index contributed by atoms with van der Waals surface area (Å²) in [6.07, 6.45) is 3.28. The highest BCUT2D eigenvalue weighted by Gasteiger charge is 2.32. The van der Waals surface area contributed by atoms with Crippen molar-refractivity contribution in [3.05, 3.63) is 11.4 Å². The van der Waals surface area contributed by atoms with Crippen LogP contribution >= 0.6 is 11.3 Å². The fourth-order valence-corrected chi connectivity index (χ4v) is 3.74. The molecule has 1 aromatic heterocycles. The van der Waals surface area contributed by atoms with E-state index in [2.05, 4.69) is 11.7 Å². The molecule has 0 bridgehead atoms. The maximum absolute atomic E-state index is 13.0. The summed E-state index contributed by atoms with van der Waals surface area (Å²) < 4.78 is 9.73. The van der Waals surface area contributed by atoms with E-state index in [0.29, 0.717) is 16.7 Å². The number of hydrogen-bond acceptors (Lipinski definition) is 5. The second-order valence-corrected chi connectivity index (χ2v) is 7.29. The molecule has 1 fully saturated rings. The molecule has 0 unspecified atom stereocenters. The van der Waals surface area contributed by atoms with Crippen molar-refractivity contribution in [2.24, 2.45) is 11.8 Å². The number of methoxy groups -OCH3 is 1. The molecular weight excluding hydrogens is 314 g/mol. The Kier molecular flexibility index (Phi) is 6.04. The molecule has 1 saturated carbocycles. The molecule has 2 rings (SSSR count). The number of rotatable bonds is 4. The van der Waals surface area contributed by atoms with Crippen LogP contribution in [0.2, 0.25) is 0 Å². The lowest BCUT2D eigenvalue weighted by molar-refractivity contribution is -0.123. The van der Waals surface area contributed by atoms with Gasteiger partial charge in [0.1, 0.15) is 0 Å². The maximum atomic E-state index is 13.0. The number of amides is 1. The van der Waals surface area contributed by atoms with Crippen molar-refractivity contribution in [1.82, 2.24) is 0 Å². The van der Waals surface area contributed by atoms with E-state index in [1.165, 1.54) is 18.4 Å². The summed E-state index contributed by atoms with van der Waals surface area (Å²) in [5, 5.41) is 2.22. The molecule has 0 aromatic carbocycles. The van der Waals surface area contributed by atoms with Crippen LogP contribution in [0, 0.1) is 11.8 Å². The molecule has 0 atom stereocenters. The largest absolute Gasteiger partial charge is 0.514 e. The predicted octanol–water partition coefficient (Wildman–Crippen LogP) is 4.46. The smallest absolute Gasteiger partial charge is 0.437 e. The van der Waals surface area contributed by atoms with Crippen LogP contribution in [-0.2, 0) is 9.53 Å². The van der Waals surface area contributed by atoms with E-state index < -0.39 is 6.16 Å². The second-order valence-electron chi connectivity index (χ2n) is 6.41. The van der Waals surface area contributed by atoms with Crippen molar-refractivity contribution in [2.75, 3.05) is 12.0 Å². The van der Waals surface area contributed by atoms with Crippen LogP contribution in [0.5, 0.6) is 5.06 Å². The summed E-state index contributed by atoms with van der Waals surface area (Å²) in [5.74, 6) is 0.880. The maximum Gasteiger partial charge on any atom is 0.514 e. The van der Waals surface area contributed by atoms with Gasteiger partial charge in [-0.05, 0) is 56.9 Å². The van der Waals surface area contributed by atoms with Gasteiger partial charge in [0, 0.05) is 12.0 Å². The second kappa shape index (κ2) is 7.81. The summed E-state index contributed by atoms with van der Waals surface area (Å²) in [5.41, 5.74) is 0.652. The Labute approximate surface area is 141 Å². The molecule has 0 radical (unpaired) electrons. The molecule has 5 nitrogen and oxygen atoms in total. The zero-order chi connectivity index (χ0) is 17.0. The van der Waals surface area contributed by atoms with Gasteiger partial charge in [-0.3, -0.25) is 4.79 Å². The average Bonchev–Trinajstić information content (AvgIpc) is 2.95. The summed E-state index contributed by atoms with van der Waals surface area (Å²) in [6, 6.07) is 1.82. The Morgan fingerprint density at radius 2 is 1.91 bits per heavy atom. The third-order valence-corrected chi connectivity index (χ3v) is 5.11. The number of thiophene rings is 1. The average molecular weight is 339 g/mol. The fraction of sp³-hybridized carbons (Fsp3) is 0.647. The number of nitrogens with zero attached hydrogens (tertiary/aromatic N) is 1. The molecule has 1 aliphatic carbocycles. The monoisotopic (exact) mass is 339 g/mol. The van der Waals surface area contributed by atoms with E-state index in [-0.39, 0.29) is 17.9 Å². The Morgan fingerprint density at radius 3 is 2.48 bits per heavy atom. The molecule has 1 amide bonds. The van der Waals surface area contributed by atoms with Crippen LogP contribution in [0.3, 0.4) is 0 Å². The summed E-state index contributed by atoms with van der Waals surface area (Å²) >= 11 is 1.29. The van der Waals surface area contributed by atoms with Gasteiger partial charge in [0.2, 0.25) is 11.0 Å². The summed E-state index contributed by atoms with van der Waals surface area (Å²) in [6.45, 7) is 6.19. The van der Waals surface area contributed by atoms with Crippen LogP contribution in [0.25, 0.3) is 0 Å². The molecule has 128 valence electrons. The minimum absolute atomic E-state index is 0.00329. The van der Waals surface area contributed by atoms with Gasteiger partial charge < -0.3 is 14.4 Å². The van der Waals surface area contributed by atoms with E-state index in [4.69, 9.17) is 4.74 Å². The first-order valence-corrected chi connectivity index (χ1v) is 8.98. The topological polar surface area (TPSA) is 55.8 Å². The Bertz CT molecular complexity index is 547. The Morgan fingerprint density at radius 1 is 1.26 bits per heavy atom. The highest BCUT2D eigenvalue weighted by molar-refractivity contribution is 7.12. The first-order valence-electron chi connectivity index (χ1n) is 8.10. The summed E-state index contributed by atoms with van der Waals surface area (Å²) in [4.78, 5) is 26.2. The van der Waals surface area contributed by atoms with Crippen LogP contribution in [0.1, 0.15) is 46.5 Å². The molecule has 1 heterocycles. The van der Waals surface area contributed by atoms with Crippen LogP contribution in [0.15, 0.2) is 11.4 Å². The molecule has 0 N–H and O–H groups in total. The van der Waals surface area contributed by atoms with Crippen molar-refractivity contribution in [2.45, 2.75) is 52.5 Å². The van der Waals surface area contributed by atoms with Gasteiger partial charge in [-0.2, -0.15) is 0 Å². The highest BCUT2D eigenvalue weighted by atomic mass is 32.1. The first-order chi connectivity index (χ1) is 10.9. The highest BCUT2D eigenvalue weighted by Crippen LogP contribution is 2.38. The fourth-order valence-electron chi connectivity index (χ4n) is 3.02. The van der Waals surface area contributed by atoms with Gasteiger partial charge in [0.25, 0.3) is 0 Å². The van der Waals surface area contributed by atoms with Gasteiger partial charge in [0.15, 0.2) is 0 Å².